The highest BCUT2D eigenvalue weighted by atomic mass is 31.1. The van der Waals surface area contributed by atoms with Gasteiger partial charge in [-0.3, -0.25) is 9.48 Å². The van der Waals surface area contributed by atoms with Gasteiger partial charge in [0, 0.05) is 42.7 Å². The second kappa shape index (κ2) is 13.6. The van der Waals surface area contributed by atoms with Crippen molar-refractivity contribution < 1.29 is 41.4 Å². The Morgan fingerprint density at radius 2 is 1.88 bits per heavy atom. The summed E-state index contributed by atoms with van der Waals surface area (Å²) in [5.74, 6) is -2.69. The Morgan fingerprint density at radius 3 is 2.56 bits per heavy atom. The van der Waals surface area contributed by atoms with E-state index in [4.69, 9.17) is 10.00 Å². The number of nitrogens with one attached hydrogen (secondary N) is 3. The Bertz CT molecular complexity index is 1640. The molecule has 4 aromatic rings. The normalized spacial score (nSPS) is 11.7. The first-order valence-corrected chi connectivity index (χ1v) is 13.5. The van der Waals surface area contributed by atoms with E-state index in [1.54, 1.807) is 10.9 Å². The van der Waals surface area contributed by atoms with Crippen molar-refractivity contribution in [1.29, 1.82) is 0 Å². The standard InChI is InChI=1S/C25H23F4N8O5P/c1-30-23(39)21-20(6-5-18(33-21)15-10-32-37(12-15)7-2-8-38)34-22-16(25(27,28)29)11-31-24(36-22)35-19-4-3-14(9-17(19)26)13-42-43(40)41/h3-6,9-12,38H,2,7-8,13H2,1H3,(H3-,30,31,34,35,36,39,40,41)/p+1. The maximum atomic E-state index is 14.6. The average Bonchev–Trinajstić information content (AvgIpc) is 3.44. The first-order valence-electron chi connectivity index (χ1n) is 12.4. The van der Waals surface area contributed by atoms with E-state index in [1.165, 1.54) is 37.5 Å². The number of pyridine rings is 1. The fraction of sp³-hybridized carbons (Fsp3) is 0.240. The molecule has 3 heterocycles. The van der Waals surface area contributed by atoms with Gasteiger partial charge in [-0.25, -0.2) is 14.4 Å². The highest BCUT2D eigenvalue weighted by molar-refractivity contribution is 7.32. The maximum Gasteiger partial charge on any atom is 0.695 e. The quantitative estimate of drug-likeness (QED) is 0.112. The molecule has 18 heteroatoms. The van der Waals surface area contributed by atoms with Crippen LogP contribution in [0.25, 0.3) is 11.3 Å². The number of hydrogen-bond donors (Lipinski definition) is 5. The third-order valence-electron chi connectivity index (χ3n) is 5.78. The smallest absolute Gasteiger partial charge is 0.396 e. The maximum absolute atomic E-state index is 14.6. The van der Waals surface area contributed by atoms with E-state index in [-0.39, 0.29) is 35.8 Å². The van der Waals surface area contributed by atoms with E-state index in [9.17, 15) is 26.9 Å². The number of alkyl halides is 3. The summed E-state index contributed by atoms with van der Waals surface area (Å²) in [6, 6.07) is 6.43. The number of halogens is 4. The molecule has 1 amide bonds. The molecular weight excluding hydrogens is 599 g/mol. The Labute approximate surface area is 241 Å². The summed E-state index contributed by atoms with van der Waals surface area (Å²) in [6.07, 6.45) is -0.783. The van der Waals surface area contributed by atoms with Gasteiger partial charge in [-0.1, -0.05) is 6.07 Å². The first kappa shape index (κ1) is 31.4. The van der Waals surface area contributed by atoms with Crippen LogP contribution in [0.15, 0.2) is 48.9 Å². The van der Waals surface area contributed by atoms with Crippen molar-refractivity contribution in [3.05, 3.63) is 71.6 Å². The van der Waals surface area contributed by atoms with Crippen LogP contribution in [0.2, 0.25) is 0 Å². The van der Waals surface area contributed by atoms with Crippen molar-refractivity contribution in [2.45, 2.75) is 25.7 Å². The topological polar surface area (TPSA) is 176 Å². The molecule has 13 nitrogen and oxygen atoms in total. The van der Waals surface area contributed by atoms with E-state index in [0.717, 1.165) is 6.07 Å². The number of aromatic nitrogens is 5. The number of aliphatic hydroxyl groups is 1. The molecule has 0 saturated heterocycles. The number of anilines is 4. The van der Waals surface area contributed by atoms with Crippen molar-refractivity contribution in [2.24, 2.45) is 0 Å². The molecule has 1 atom stereocenters. The van der Waals surface area contributed by atoms with Crippen molar-refractivity contribution in [3.63, 3.8) is 0 Å². The summed E-state index contributed by atoms with van der Waals surface area (Å²) in [7, 11) is -1.56. The lowest BCUT2D eigenvalue weighted by atomic mass is 10.1. The number of aryl methyl sites for hydroxylation is 1. The number of carbonyl (C=O) groups is 1. The molecule has 0 saturated carbocycles. The highest BCUT2D eigenvalue weighted by Gasteiger charge is 2.36. The number of benzene rings is 1. The van der Waals surface area contributed by atoms with Crippen molar-refractivity contribution in [1.82, 2.24) is 30.0 Å². The van der Waals surface area contributed by atoms with Gasteiger partial charge >= 0.3 is 14.4 Å². The average molecular weight is 623 g/mol. The lowest BCUT2D eigenvalue weighted by Crippen LogP contribution is -2.21. The Hall–Kier alpha value is -4.57. The number of amides is 1. The molecule has 0 spiro atoms. The molecule has 1 unspecified atom stereocenters. The summed E-state index contributed by atoms with van der Waals surface area (Å²) in [5.41, 5.74) is -0.729. The Balaban J connectivity index is 1.66. The molecule has 0 aliphatic heterocycles. The zero-order valence-electron chi connectivity index (χ0n) is 22.3. The van der Waals surface area contributed by atoms with Gasteiger partial charge in [-0.2, -0.15) is 23.3 Å². The van der Waals surface area contributed by atoms with Crippen LogP contribution in [0.5, 0.6) is 0 Å². The second-order valence-corrected chi connectivity index (χ2v) is 9.50. The molecule has 0 aliphatic rings. The van der Waals surface area contributed by atoms with Crippen LogP contribution in [0.1, 0.15) is 28.0 Å². The van der Waals surface area contributed by atoms with Crippen molar-refractivity contribution >= 4 is 37.3 Å². The molecular formula is C25H24F4N8O5P+. The number of rotatable bonds is 12. The molecule has 1 aromatic carbocycles. The summed E-state index contributed by atoms with van der Waals surface area (Å²) < 4.78 is 73.1. The monoisotopic (exact) mass is 623 g/mol. The van der Waals surface area contributed by atoms with Gasteiger partial charge in [-0.05, 0) is 36.2 Å². The summed E-state index contributed by atoms with van der Waals surface area (Å²) in [6.45, 7) is 0.0685. The van der Waals surface area contributed by atoms with Crippen LogP contribution in [0.3, 0.4) is 0 Å². The highest BCUT2D eigenvalue weighted by Crippen LogP contribution is 2.36. The molecule has 3 aromatic heterocycles. The minimum atomic E-state index is -4.90. The lowest BCUT2D eigenvalue weighted by molar-refractivity contribution is -0.137. The van der Waals surface area contributed by atoms with Crippen LogP contribution in [0.4, 0.5) is 40.7 Å². The molecule has 226 valence electrons. The number of hydrogen-bond acceptors (Lipinski definition) is 10. The molecule has 0 fully saturated rings. The van der Waals surface area contributed by atoms with E-state index in [2.05, 4.69) is 40.5 Å². The van der Waals surface area contributed by atoms with Gasteiger partial charge in [0.15, 0.2) is 5.69 Å². The summed E-state index contributed by atoms with van der Waals surface area (Å²) in [5, 5.41) is 20.6. The van der Waals surface area contributed by atoms with Gasteiger partial charge in [0.1, 0.15) is 23.8 Å². The minimum Gasteiger partial charge on any atom is -0.396 e. The molecule has 0 bridgehead atoms. The van der Waals surface area contributed by atoms with E-state index < -0.39 is 43.5 Å². The molecule has 5 N–H and O–H groups in total. The van der Waals surface area contributed by atoms with Crippen LogP contribution in [0, 0.1) is 5.82 Å². The largest absolute Gasteiger partial charge is 0.695 e. The summed E-state index contributed by atoms with van der Waals surface area (Å²) in [4.78, 5) is 33.3. The van der Waals surface area contributed by atoms with Gasteiger partial charge in [-0.15, -0.1) is 9.42 Å². The predicted molar refractivity (Wildman–Crippen MR) is 145 cm³/mol. The predicted octanol–water partition coefficient (Wildman–Crippen LogP) is 4.29. The van der Waals surface area contributed by atoms with E-state index in [0.29, 0.717) is 30.4 Å². The van der Waals surface area contributed by atoms with Crippen LogP contribution in [-0.2, 0) is 28.4 Å². The lowest BCUT2D eigenvalue weighted by Gasteiger charge is -2.17. The third-order valence-corrected chi connectivity index (χ3v) is 6.13. The third kappa shape index (κ3) is 8.04. The number of nitrogens with zero attached hydrogens (tertiary/aromatic N) is 5. The molecule has 0 radical (unpaired) electrons. The SMILES string of the molecule is CNC(=O)c1nc(-c2cnn(CCCO)c2)ccc1Nc1nc(Nc2ccc(CO[P+](=O)O)cc2F)ncc1C(F)(F)F. The molecule has 43 heavy (non-hydrogen) atoms. The Kier molecular flexibility index (Phi) is 9.92. The fourth-order valence-electron chi connectivity index (χ4n) is 3.74. The van der Waals surface area contributed by atoms with Gasteiger partial charge in [0.05, 0.1) is 23.3 Å². The zero-order valence-corrected chi connectivity index (χ0v) is 23.2. The minimum absolute atomic E-state index is 0.0265. The van der Waals surface area contributed by atoms with Crippen LogP contribution >= 0.6 is 8.25 Å². The number of aliphatic hydroxyl groups excluding tert-OH is 1. The van der Waals surface area contributed by atoms with Crippen molar-refractivity contribution in [2.75, 3.05) is 24.3 Å². The zero-order chi connectivity index (χ0) is 31.1. The molecule has 0 aliphatic carbocycles. The number of carbonyl (C=O) groups excluding carboxylic acids is 1. The van der Waals surface area contributed by atoms with Crippen molar-refractivity contribution in [3.8, 4) is 11.3 Å². The van der Waals surface area contributed by atoms with Gasteiger partial charge < -0.3 is 21.1 Å². The Morgan fingerprint density at radius 1 is 1.12 bits per heavy atom. The van der Waals surface area contributed by atoms with Crippen LogP contribution < -0.4 is 16.0 Å². The van der Waals surface area contributed by atoms with Gasteiger partial charge in [0.2, 0.25) is 5.95 Å². The summed E-state index contributed by atoms with van der Waals surface area (Å²) >= 11 is 0. The van der Waals surface area contributed by atoms with Crippen LogP contribution in [-0.4, -0.2) is 54.3 Å². The van der Waals surface area contributed by atoms with Gasteiger partial charge in [0.25, 0.3) is 5.91 Å². The second-order valence-electron chi connectivity index (χ2n) is 8.77. The van der Waals surface area contributed by atoms with E-state index >= 15 is 0 Å². The molecule has 4 rings (SSSR count). The van der Waals surface area contributed by atoms with E-state index in [1.807, 2.05) is 0 Å². The fourth-order valence-corrected chi connectivity index (χ4v) is 3.99. The first-order chi connectivity index (χ1) is 20.5.